The summed E-state index contributed by atoms with van der Waals surface area (Å²) in [5.74, 6) is 0.632. The predicted molar refractivity (Wildman–Crippen MR) is 115 cm³/mol. The van der Waals surface area contributed by atoms with Crippen molar-refractivity contribution in [1.82, 2.24) is 9.97 Å². The van der Waals surface area contributed by atoms with Gasteiger partial charge in [0.15, 0.2) is 5.82 Å². The maximum absolute atomic E-state index is 10.8. The van der Waals surface area contributed by atoms with Gasteiger partial charge >= 0.3 is 5.97 Å². The van der Waals surface area contributed by atoms with E-state index < -0.39 is 5.97 Å². The second-order valence-electron chi connectivity index (χ2n) is 6.18. The molecule has 2 N–H and O–H groups in total. The number of nitrogens with zero attached hydrogens (tertiary/aromatic N) is 2. The SMILES string of the molecule is C=CCc1c(C)nc(C2=CCC(Br)S2)nc1Nc1ccc(CC(=O)O)cc1. The zero-order chi connectivity index (χ0) is 19.4. The molecule has 27 heavy (non-hydrogen) atoms. The van der Waals surface area contributed by atoms with Crippen LogP contribution in [-0.2, 0) is 17.6 Å². The van der Waals surface area contributed by atoms with E-state index in [1.54, 1.807) is 11.8 Å². The molecule has 5 nitrogen and oxygen atoms in total. The number of anilines is 2. The molecule has 140 valence electrons. The molecule has 7 heteroatoms. The number of carbonyl (C=O) groups is 1. The normalized spacial score (nSPS) is 16.1. The minimum absolute atomic E-state index is 0.0118. The Morgan fingerprint density at radius 3 is 2.74 bits per heavy atom. The largest absolute Gasteiger partial charge is 0.481 e. The summed E-state index contributed by atoms with van der Waals surface area (Å²) in [7, 11) is 0. The van der Waals surface area contributed by atoms with Crippen LogP contribution in [0.5, 0.6) is 0 Å². The third-order valence-corrected chi connectivity index (χ3v) is 6.08. The molecule has 0 spiro atoms. The lowest BCUT2D eigenvalue weighted by Crippen LogP contribution is -2.07. The first-order chi connectivity index (χ1) is 13.0. The molecule has 0 amide bonds. The molecule has 0 radical (unpaired) electrons. The van der Waals surface area contributed by atoms with Crippen molar-refractivity contribution in [2.75, 3.05) is 5.32 Å². The molecule has 0 fully saturated rings. The van der Waals surface area contributed by atoms with Crippen LogP contribution in [0.3, 0.4) is 0 Å². The lowest BCUT2D eigenvalue weighted by molar-refractivity contribution is -0.136. The number of benzene rings is 1. The summed E-state index contributed by atoms with van der Waals surface area (Å²) >= 11 is 5.33. The van der Waals surface area contributed by atoms with Crippen molar-refractivity contribution >= 4 is 50.1 Å². The highest BCUT2D eigenvalue weighted by Crippen LogP contribution is 2.41. The molecule has 0 aliphatic carbocycles. The number of alkyl halides is 1. The Bertz CT molecular complexity index is 897. The van der Waals surface area contributed by atoms with E-state index >= 15 is 0 Å². The fraction of sp³-hybridized carbons (Fsp3) is 0.250. The summed E-state index contributed by atoms with van der Waals surface area (Å²) in [6, 6.07) is 7.35. The van der Waals surface area contributed by atoms with Crippen molar-refractivity contribution in [1.29, 1.82) is 0 Å². The molecule has 2 aromatic rings. The Hall–Kier alpha value is -2.12. The Morgan fingerprint density at radius 1 is 1.41 bits per heavy atom. The second-order valence-corrected chi connectivity index (χ2v) is 9.13. The van der Waals surface area contributed by atoms with E-state index in [-0.39, 0.29) is 6.42 Å². The van der Waals surface area contributed by atoms with E-state index in [2.05, 4.69) is 38.9 Å². The highest BCUT2D eigenvalue weighted by molar-refractivity contribution is 9.11. The fourth-order valence-electron chi connectivity index (χ4n) is 2.79. The first kappa shape index (κ1) is 19.6. The molecule has 2 heterocycles. The molecule has 1 aromatic carbocycles. The topological polar surface area (TPSA) is 75.1 Å². The predicted octanol–water partition coefficient (Wildman–Crippen LogP) is 5.08. The monoisotopic (exact) mass is 445 g/mol. The van der Waals surface area contributed by atoms with Crippen LogP contribution in [-0.4, -0.2) is 25.2 Å². The molecular weight excluding hydrogens is 426 g/mol. The Labute approximate surface area is 171 Å². The molecule has 1 unspecified atom stereocenters. The minimum Gasteiger partial charge on any atom is -0.481 e. The molecule has 3 rings (SSSR count). The summed E-state index contributed by atoms with van der Waals surface area (Å²) in [6.07, 6.45) is 5.61. The van der Waals surface area contributed by atoms with Gasteiger partial charge in [-0.2, -0.15) is 0 Å². The standard InChI is InChI=1S/C20H20BrN3O2S/c1-3-4-15-12(2)22-20(16-9-10-17(21)27-16)24-19(15)23-14-7-5-13(6-8-14)11-18(25)26/h3,5-9,17H,1,4,10-11H2,2H3,(H,25,26)(H,22,23,24). The molecule has 1 aromatic heterocycles. The van der Waals surface area contributed by atoms with Crippen LogP contribution >= 0.6 is 27.7 Å². The van der Waals surface area contributed by atoms with Gasteiger partial charge in [0.25, 0.3) is 0 Å². The molecule has 0 bridgehead atoms. The Morgan fingerprint density at radius 2 is 2.15 bits per heavy atom. The van der Waals surface area contributed by atoms with E-state index in [9.17, 15) is 4.79 Å². The number of aryl methyl sites for hydroxylation is 1. The first-order valence-corrected chi connectivity index (χ1v) is 10.3. The summed E-state index contributed by atoms with van der Waals surface area (Å²) < 4.78 is 0.363. The van der Waals surface area contributed by atoms with Crippen molar-refractivity contribution in [3.63, 3.8) is 0 Å². The highest BCUT2D eigenvalue weighted by atomic mass is 79.9. The quantitative estimate of drug-likeness (QED) is 0.456. The van der Waals surface area contributed by atoms with Crippen molar-refractivity contribution in [3.05, 3.63) is 65.6 Å². The van der Waals surface area contributed by atoms with Gasteiger partial charge in [-0.25, -0.2) is 9.97 Å². The van der Waals surface area contributed by atoms with Gasteiger partial charge in [-0.1, -0.05) is 40.2 Å². The molecule has 0 saturated carbocycles. The second kappa shape index (κ2) is 8.71. The van der Waals surface area contributed by atoms with Crippen LogP contribution in [0.1, 0.15) is 29.1 Å². The van der Waals surface area contributed by atoms with Crippen molar-refractivity contribution in [3.8, 4) is 0 Å². The van der Waals surface area contributed by atoms with Gasteiger partial charge in [0.2, 0.25) is 0 Å². The van der Waals surface area contributed by atoms with Crippen LogP contribution in [0.25, 0.3) is 4.91 Å². The highest BCUT2D eigenvalue weighted by Gasteiger charge is 2.20. The molecular formula is C20H20BrN3O2S. The van der Waals surface area contributed by atoms with Crippen LogP contribution in [0.15, 0.2) is 43.0 Å². The van der Waals surface area contributed by atoms with Crippen molar-refractivity contribution < 1.29 is 9.90 Å². The van der Waals surface area contributed by atoms with E-state index in [0.717, 1.165) is 45.5 Å². The van der Waals surface area contributed by atoms with Gasteiger partial charge in [-0.3, -0.25) is 4.79 Å². The lowest BCUT2D eigenvalue weighted by atomic mass is 10.1. The molecule has 1 aliphatic rings. The summed E-state index contributed by atoms with van der Waals surface area (Å²) in [5, 5.41) is 12.3. The number of aromatic nitrogens is 2. The van der Waals surface area contributed by atoms with E-state index in [4.69, 9.17) is 10.1 Å². The van der Waals surface area contributed by atoms with Gasteiger partial charge in [-0.05, 0) is 37.5 Å². The molecule has 0 saturated heterocycles. The third-order valence-electron chi connectivity index (χ3n) is 4.10. The maximum atomic E-state index is 10.8. The van der Waals surface area contributed by atoms with Crippen LogP contribution < -0.4 is 5.32 Å². The minimum atomic E-state index is -0.840. The summed E-state index contributed by atoms with van der Waals surface area (Å²) in [5.41, 5.74) is 3.53. The first-order valence-electron chi connectivity index (χ1n) is 8.53. The summed E-state index contributed by atoms with van der Waals surface area (Å²) in [6.45, 7) is 5.82. The number of carboxylic acid groups (broad SMARTS) is 1. The number of halogens is 1. The lowest BCUT2D eigenvalue weighted by Gasteiger charge is -2.15. The zero-order valence-electron chi connectivity index (χ0n) is 14.9. The van der Waals surface area contributed by atoms with E-state index in [1.165, 1.54) is 0 Å². The van der Waals surface area contributed by atoms with Crippen LogP contribution in [0.2, 0.25) is 0 Å². The maximum Gasteiger partial charge on any atom is 0.307 e. The van der Waals surface area contributed by atoms with Gasteiger partial charge in [0.1, 0.15) is 5.82 Å². The Balaban J connectivity index is 1.91. The third kappa shape index (κ3) is 4.99. The number of aliphatic carboxylic acids is 1. The number of carboxylic acids is 1. The smallest absolute Gasteiger partial charge is 0.307 e. The average molecular weight is 446 g/mol. The van der Waals surface area contributed by atoms with Crippen molar-refractivity contribution in [2.24, 2.45) is 0 Å². The van der Waals surface area contributed by atoms with Gasteiger partial charge in [0, 0.05) is 21.8 Å². The zero-order valence-corrected chi connectivity index (χ0v) is 17.3. The number of thioether (sulfide) groups is 1. The van der Waals surface area contributed by atoms with Gasteiger partial charge in [-0.15, -0.1) is 18.3 Å². The number of nitrogens with one attached hydrogen (secondary N) is 1. The van der Waals surface area contributed by atoms with Gasteiger partial charge in [0.05, 0.1) is 10.6 Å². The fourth-order valence-corrected chi connectivity index (χ4v) is 4.44. The van der Waals surface area contributed by atoms with Gasteiger partial charge < -0.3 is 10.4 Å². The average Bonchev–Trinajstić information content (AvgIpc) is 3.05. The number of rotatable bonds is 7. The van der Waals surface area contributed by atoms with Crippen LogP contribution in [0.4, 0.5) is 11.5 Å². The molecule has 1 atom stereocenters. The number of hydrogen-bond acceptors (Lipinski definition) is 5. The molecule has 1 aliphatic heterocycles. The Kier molecular flexibility index (Phi) is 6.34. The van der Waals surface area contributed by atoms with E-state index in [1.807, 2.05) is 37.3 Å². The van der Waals surface area contributed by atoms with Crippen LogP contribution in [0, 0.1) is 6.92 Å². The van der Waals surface area contributed by atoms with E-state index in [0.29, 0.717) is 10.6 Å². The number of hydrogen-bond donors (Lipinski definition) is 2. The number of allylic oxidation sites excluding steroid dienone is 2. The van der Waals surface area contributed by atoms with Crippen molar-refractivity contribution in [2.45, 2.75) is 30.3 Å². The summed E-state index contributed by atoms with van der Waals surface area (Å²) in [4.78, 5) is 21.4.